The smallest absolute Gasteiger partial charge is 0.226 e. The first kappa shape index (κ1) is 11.6. The van der Waals surface area contributed by atoms with Gasteiger partial charge in [-0.05, 0) is 11.6 Å². The second-order valence-electron chi connectivity index (χ2n) is 3.29. The third-order valence-corrected chi connectivity index (χ3v) is 2.35. The van der Waals surface area contributed by atoms with E-state index in [9.17, 15) is 4.79 Å². The van der Waals surface area contributed by atoms with Gasteiger partial charge in [-0.2, -0.15) is 9.97 Å². The number of nitrogens with one attached hydrogen (secondary N) is 3. The van der Waals surface area contributed by atoms with E-state index in [1.54, 1.807) is 7.05 Å². The molecule has 7 nitrogen and oxygen atoms in total. The highest BCUT2D eigenvalue weighted by Gasteiger charge is 2.08. The van der Waals surface area contributed by atoms with Crippen molar-refractivity contribution in [2.45, 2.75) is 6.42 Å². The average Bonchev–Trinajstić information content (AvgIpc) is 2.76. The zero-order valence-corrected chi connectivity index (χ0v) is 9.88. The summed E-state index contributed by atoms with van der Waals surface area (Å²) in [6.07, 6.45) is 1.87. The molecule has 3 N–H and O–H groups in total. The number of imidazole rings is 1. The molecule has 0 aliphatic carbocycles. The maximum Gasteiger partial charge on any atom is 0.226 e. The fourth-order valence-electron chi connectivity index (χ4n) is 1.35. The van der Waals surface area contributed by atoms with Crippen molar-refractivity contribution in [3.63, 3.8) is 0 Å². The Kier molecular flexibility index (Phi) is 3.38. The summed E-state index contributed by atoms with van der Waals surface area (Å²) in [6.45, 7) is 0.459. The maximum absolute atomic E-state index is 11.1. The SMILES string of the molecule is CNC(=O)CCNc1nc(Cl)nc2nc[nH]c12. The summed E-state index contributed by atoms with van der Waals surface area (Å²) >= 11 is 5.75. The minimum atomic E-state index is -0.0430. The van der Waals surface area contributed by atoms with Crippen molar-refractivity contribution in [3.05, 3.63) is 11.6 Å². The van der Waals surface area contributed by atoms with Gasteiger partial charge in [0.05, 0.1) is 6.33 Å². The van der Waals surface area contributed by atoms with Crippen LogP contribution in [0.4, 0.5) is 5.82 Å². The quantitative estimate of drug-likeness (QED) is 0.693. The summed E-state index contributed by atoms with van der Waals surface area (Å²) in [6, 6.07) is 0. The fourth-order valence-corrected chi connectivity index (χ4v) is 1.52. The van der Waals surface area contributed by atoms with Crippen LogP contribution >= 0.6 is 11.6 Å². The lowest BCUT2D eigenvalue weighted by molar-refractivity contribution is -0.120. The largest absolute Gasteiger partial charge is 0.368 e. The van der Waals surface area contributed by atoms with Crippen molar-refractivity contribution in [2.75, 3.05) is 18.9 Å². The van der Waals surface area contributed by atoms with E-state index in [0.29, 0.717) is 29.9 Å². The molecule has 2 heterocycles. The topological polar surface area (TPSA) is 95.6 Å². The number of hydrogen-bond acceptors (Lipinski definition) is 5. The number of carbonyl (C=O) groups excluding carboxylic acids is 1. The number of nitrogens with zero attached hydrogens (tertiary/aromatic N) is 3. The monoisotopic (exact) mass is 254 g/mol. The Morgan fingerprint density at radius 1 is 1.53 bits per heavy atom. The molecule has 0 atom stereocenters. The van der Waals surface area contributed by atoms with E-state index < -0.39 is 0 Å². The number of hydrogen-bond donors (Lipinski definition) is 3. The fraction of sp³-hybridized carbons (Fsp3) is 0.333. The first-order valence-electron chi connectivity index (χ1n) is 5.02. The molecule has 8 heteroatoms. The van der Waals surface area contributed by atoms with Crippen molar-refractivity contribution in [3.8, 4) is 0 Å². The van der Waals surface area contributed by atoms with Crippen LogP contribution in [-0.2, 0) is 4.79 Å². The van der Waals surface area contributed by atoms with Crippen LogP contribution in [0.2, 0.25) is 5.28 Å². The van der Waals surface area contributed by atoms with Crippen LogP contribution in [0.5, 0.6) is 0 Å². The summed E-state index contributed by atoms with van der Waals surface area (Å²) in [5.74, 6) is 0.500. The number of rotatable bonds is 4. The second-order valence-corrected chi connectivity index (χ2v) is 3.63. The van der Waals surface area contributed by atoms with E-state index in [1.165, 1.54) is 6.33 Å². The van der Waals surface area contributed by atoms with Crippen LogP contribution in [0.3, 0.4) is 0 Å². The third kappa shape index (κ3) is 2.62. The molecular weight excluding hydrogens is 244 g/mol. The van der Waals surface area contributed by atoms with Crippen LogP contribution in [0.15, 0.2) is 6.33 Å². The van der Waals surface area contributed by atoms with Gasteiger partial charge in [0.1, 0.15) is 5.52 Å². The number of aromatic nitrogens is 4. The highest BCUT2D eigenvalue weighted by molar-refractivity contribution is 6.28. The van der Waals surface area contributed by atoms with Gasteiger partial charge in [-0.15, -0.1) is 0 Å². The van der Waals surface area contributed by atoms with Crippen LogP contribution in [-0.4, -0.2) is 39.4 Å². The summed E-state index contributed by atoms with van der Waals surface area (Å²) < 4.78 is 0. The third-order valence-electron chi connectivity index (χ3n) is 2.18. The van der Waals surface area contributed by atoms with Crippen molar-refractivity contribution < 1.29 is 4.79 Å². The minimum absolute atomic E-state index is 0.0430. The molecule has 0 bridgehead atoms. The number of aromatic amines is 1. The van der Waals surface area contributed by atoms with Gasteiger partial charge in [0.25, 0.3) is 0 Å². The molecule has 0 aromatic carbocycles. The first-order chi connectivity index (χ1) is 8.20. The van der Waals surface area contributed by atoms with Gasteiger partial charge in [-0.25, -0.2) is 4.98 Å². The Hall–Kier alpha value is -1.89. The number of H-pyrrole nitrogens is 1. The van der Waals surface area contributed by atoms with E-state index in [4.69, 9.17) is 11.6 Å². The Morgan fingerprint density at radius 2 is 2.35 bits per heavy atom. The Bertz CT molecular complexity index is 539. The molecule has 0 aliphatic rings. The van der Waals surface area contributed by atoms with E-state index >= 15 is 0 Å². The molecule has 0 radical (unpaired) electrons. The first-order valence-corrected chi connectivity index (χ1v) is 5.39. The van der Waals surface area contributed by atoms with Gasteiger partial charge in [-0.3, -0.25) is 4.79 Å². The molecule has 0 saturated heterocycles. The lowest BCUT2D eigenvalue weighted by atomic mass is 10.4. The van der Waals surface area contributed by atoms with Gasteiger partial charge in [-0.1, -0.05) is 0 Å². The normalized spacial score (nSPS) is 10.5. The highest BCUT2D eigenvalue weighted by atomic mass is 35.5. The van der Waals surface area contributed by atoms with Gasteiger partial charge >= 0.3 is 0 Å². The predicted octanol–water partition coefficient (Wildman–Crippen LogP) is 0.554. The summed E-state index contributed by atoms with van der Waals surface area (Å²) in [4.78, 5) is 25.9. The standard InChI is InChI=1S/C9H11ClN6O/c1-11-5(17)2-3-12-7-6-8(14-4-13-6)16-9(10)15-7/h4H,2-3H2,1H3,(H,11,17)(H2,12,13,14,15,16). The zero-order valence-electron chi connectivity index (χ0n) is 9.12. The lowest BCUT2D eigenvalue weighted by Gasteiger charge is -2.05. The zero-order chi connectivity index (χ0) is 12.3. The summed E-state index contributed by atoms with van der Waals surface area (Å²) in [5.41, 5.74) is 1.17. The summed E-state index contributed by atoms with van der Waals surface area (Å²) in [7, 11) is 1.59. The molecule has 0 saturated carbocycles. The van der Waals surface area contributed by atoms with E-state index in [-0.39, 0.29) is 11.2 Å². The van der Waals surface area contributed by atoms with Crippen molar-refractivity contribution in [1.82, 2.24) is 25.3 Å². The van der Waals surface area contributed by atoms with Gasteiger partial charge in [0.2, 0.25) is 11.2 Å². The Labute approximate surface area is 102 Å². The molecule has 0 spiro atoms. The Morgan fingerprint density at radius 3 is 3.12 bits per heavy atom. The molecule has 0 unspecified atom stereocenters. The maximum atomic E-state index is 11.1. The van der Waals surface area contributed by atoms with Crippen molar-refractivity contribution in [2.24, 2.45) is 0 Å². The molecule has 1 amide bonds. The minimum Gasteiger partial charge on any atom is -0.368 e. The molecule has 2 rings (SSSR count). The van der Waals surface area contributed by atoms with Crippen LogP contribution in [0.25, 0.3) is 11.2 Å². The number of fused-ring (bicyclic) bond motifs is 1. The number of halogens is 1. The van der Waals surface area contributed by atoms with E-state index in [0.717, 1.165) is 0 Å². The predicted molar refractivity (Wildman–Crippen MR) is 63.9 cm³/mol. The van der Waals surface area contributed by atoms with Crippen LogP contribution in [0, 0.1) is 0 Å². The van der Waals surface area contributed by atoms with E-state index in [2.05, 4.69) is 30.6 Å². The van der Waals surface area contributed by atoms with Gasteiger partial charge in [0, 0.05) is 20.0 Å². The van der Waals surface area contributed by atoms with Crippen LogP contribution in [0.1, 0.15) is 6.42 Å². The number of carbonyl (C=O) groups is 1. The molecule has 90 valence electrons. The van der Waals surface area contributed by atoms with Crippen molar-refractivity contribution >= 4 is 34.5 Å². The number of anilines is 1. The molecular formula is C9H11ClN6O. The Balaban J connectivity index is 2.12. The lowest BCUT2D eigenvalue weighted by Crippen LogP contribution is -2.21. The van der Waals surface area contributed by atoms with Crippen molar-refractivity contribution in [1.29, 1.82) is 0 Å². The summed E-state index contributed by atoms with van der Waals surface area (Å²) in [5, 5.41) is 5.67. The van der Waals surface area contributed by atoms with E-state index in [1.807, 2.05) is 0 Å². The van der Waals surface area contributed by atoms with Gasteiger partial charge < -0.3 is 15.6 Å². The van der Waals surface area contributed by atoms with Crippen LogP contribution < -0.4 is 10.6 Å². The second kappa shape index (κ2) is 4.96. The molecule has 2 aromatic heterocycles. The molecule has 0 aliphatic heterocycles. The molecule has 17 heavy (non-hydrogen) atoms. The average molecular weight is 255 g/mol. The highest BCUT2D eigenvalue weighted by Crippen LogP contribution is 2.18. The molecule has 0 fully saturated rings. The molecule has 2 aromatic rings. The van der Waals surface area contributed by atoms with Gasteiger partial charge in [0.15, 0.2) is 11.5 Å². The number of amides is 1.